The number of benzene rings is 1. The monoisotopic (exact) mass is 271 g/mol. The molecule has 0 aliphatic carbocycles. The molecule has 14 heavy (non-hydrogen) atoms. The first kappa shape index (κ1) is 11.2. The van der Waals surface area contributed by atoms with E-state index >= 15 is 0 Å². The highest BCUT2D eigenvalue weighted by molar-refractivity contribution is 9.10. The van der Waals surface area contributed by atoms with E-state index in [1.165, 1.54) is 0 Å². The molecule has 2 nitrogen and oxygen atoms in total. The largest absolute Gasteiger partial charge is 0.294 e. The van der Waals surface area contributed by atoms with Crippen LogP contribution in [0.3, 0.4) is 0 Å². The maximum absolute atomic E-state index is 11.5. The van der Waals surface area contributed by atoms with E-state index in [9.17, 15) is 4.79 Å². The number of carbonyl (C=O) groups excluding carboxylic acids is 1. The summed E-state index contributed by atoms with van der Waals surface area (Å²) in [6.45, 7) is 0. The van der Waals surface area contributed by atoms with Gasteiger partial charge >= 0.3 is 0 Å². The van der Waals surface area contributed by atoms with Crippen LogP contribution >= 0.6 is 27.5 Å². The Morgan fingerprint density at radius 3 is 2.86 bits per heavy atom. The van der Waals surface area contributed by atoms with Gasteiger partial charge in [-0.25, -0.2) is 0 Å². The maximum Gasteiger partial charge on any atom is 0.165 e. The minimum atomic E-state index is -0.0462. The normalized spacial score (nSPS) is 9.50. The zero-order valence-electron chi connectivity index (χ0n) is 7.26. The lowest BCUT2D eigenvalue weighted by Crippen LogP contribution is -1.99. The number of rotatable bonds is 3. The molecule has 0 aliphatic heterocycles. The number of ketones is 1. The second-order valence-electron chi connectivity index (χ2n) is 2.71. The zero-order chi connectivity index (χ0) is 10.6. The predicted octanol–water partition coefficient (Wildman–Crippen LogP) is 3.59. The first-order valence-corrected chi connectivity index (χ1v) is 5.17. The summed E-state index contributed by atoms with van der Waals surface area (Å²) >= 11 is 8.98. The van der Waals surface area contributed by atoms with Crippen LogP contribution in [-0.4, -0.2) is 5.78 Å². The first-order chi connectivity index (χ1) is 6.65. The van der Waals surface area contributed by atoms with Crippen LogP contribution in [0.1, 0.15) is 23.2 Å². The smallest absolute Gasteiger partial charge is 0.165 e. The summed E-state index contributed by atoms with van der Waals surface area (Å²) in [5.74, 6) is -0.0462. The second-order valence-corrected chi connectivity index (χ2v) is 4.00. The third kappa shape index (κ3) is 2.83. The van der Waals surface area contributed by atoms with Crippen molar-refractivity contribution >= 4 is 33.3 Å². The molecule has 1 aromatic rings. The van der Waals surface area contributed by atoms with Crippen LogP contribution in [0.5, 0.6) is 0 Å². The van der Waals surface area contributed by atoms with Crippen molar-refractivity contribution in [2.24, 2.45) is 0 Å². The van der Waals surface area contributed by atoms with Crippen molar-refractivity contribution in [1.82, 2.24) is 0 Å². The zero-order valence-corrected chi connectivity index (χ0v) is 9.60. The fraction of sp³-hybridized carbons (Fsp3) is 0.200. The topological polar surface area (TPSA) is 40.9 Å². The highest BCUT2D eigenvalue weighted by Gasteiger charge is 2.09. The van der Waals surface area contributed by atoms with Crippen molar-refractivity contribution in [3.8, 4) is 6.07 Å². The van der Waals surface area contributed by atoms with Crippen molar-refractivity contribution in [2.45, 2.75) is 12.8 Å². The highest BCUT2D eigenvalue weighted by atomic mass is 79.9. The molecule has 0 bridgehead atoms. The quantitative estimate of drug-likeness (QED) is 0.789. The molecule has 72 valence electrons. The standard InChI is InChI=1S/C10H7BrClNO/c11-9-6-7(12)3-4-8(9)10(14)2-1-5-13/h3-4,6H,1-2H2. The Hall–Kier alpha value is -0.850. The van der Waals surface area contributed by atoms with Crippen molar-refractivity contribution in [3.05, 3.63) is 33.3 Å². The molecule has 0 saturated carbocycles. The number of hydrogen-bond donors (Lipinski definition) is 0. The molecule has 0 radical (unpaired) electrons. The van der Waals surface area contributed by atoms with E-state index in [1.807, 2.05) is 6.07 Å². The summed E-state index contributed by atoms with van der Waals surface area (Å²) in [6.07, 6.45) is 0.491. The molecule has 0 unspecified atom stereocenters. The van der Waals surface area contributed by atoms with Crippen LogP contribution < -0.4 is 0 Å². The Labute approximate surface area is 95.6 Å². The van der Waals surface area contributed by atoms with Crippen LogP contribution in [0.2, 0.25) is 5.02 Å². The van der Waals surface area contributed by atoms with Crippen LogP contribution in [0, 0.1) is 11.3 Å². The van der Waals surface area contributed by atoms with E-state index in [4.69, 9.17) is 16.9 Å². The van der Waals surface area contributed by atoms with Gasteiger partial charge in [0.1, 0.15) is 0 Å². The van der Waals surface area contributed by atoms with E-state index in [0.717, 1.165) is 0 Å². The van der Waals surface area contributed by atoms with E-state index in [-0.39, 0.29) is 18.6 Å². The van der Waals surface area contributed by atoms with Gasteiger partial charge < -0.3 is 0 Å². The molecular formula is C10H7BrClNO. The molecule has 4 heteroatoms. The molecule has 1 rings (SSSR count). The van der Waals surface area contributed by atoms with E-state index in [2.05, 4.69) is 15.9 Å². The molecule has 0 saturated heterocycles. The summed E-state index contributed by atoms with van der Waals surface area (Å²) in [4.78, 5) is 11.5. The molecule has 0 amide bonds. The van der Waals surface area contributed by atoms with Gasteiger partial charge in [0.25, 0.3) is 0 Å². The minimum absolute atomic E-state index is 0.0462. The Kier molecular flexibility index (Phi) is 4.12. The molecule has 0 N–H and O–H groups in total. The number of halogens is 2. The van der Waals surface area contributed by atoms with Crippen molar-refractivity contribution in [3.63, 3.8) is 0 Å². The lowest BCUT2D eigenvalue weighted by Gasteiger charge is -2.01. The van der Waals surface area contributed by atoms with E-state index in [0.29, 0.717) is 15.1 Å². The van der Waals surface area contributed by atoms with Gasteiger partial charge in [0.05, 0.1) is 6.07 Å². The van der Waals surface area contributed by atoms with Gasteiger partial charge in [0, 0.05) is 27.9 Å². The summed E-state index contributed by atoms with van der Waals surface area (Å²) in [7, 11) is 0. The van der Waals surface area contributed by atoms with Gasteiger partial charge in [-0.3, -0.25) is 4.79 Å². The molecule has 0 fully saturated rings. The van der Waals surface area contributed by atoms with Gasteiger partial charge in [-0.2, -0.15) is 5.26 Å². The van der Waals surface area contributed by atoms with Gasteiger partial charge in [-0.05, 0) is 34.1 Å². The number of Topliss-reactive ketones (excluding diaryl/α,β-unsaturated/α-hetero) is 1. The average Bonchev–Trinajstić information content (AvgIpc) is 2.14. The second kappa shape index (κ2) is 5.14. The molecular weight excluding hydrogens is 265 g/mol. The molecule has 0 spiro atoms. The highest BCUT2D eigenvalue weighted by Crippen LogP contribution is 2.22. The number of carbonyl (C=O) groups is 1. The van der Waals surface area contributed by atoms with Crippen molar-refractivity contribution < 1.29 is 4.79 Å². The third-order valence-corrected chi connectivity index (χ3v) is 2.59. The van der Waals surface area contributed by atoms with Gasteiger partial charge in [-0.1, -0.05) is 11.6 Å². The van der Waals surface area contributed by atoms with Crippen LogP contribution in [0.15, 0.2) is 22.7 Å². The maximum atomic E-state index is 11.5. The lowest BCUT2D eigenvalue weighted by atomic mass is 10.1. The summed E-state index contributed by atoms with van der Waals surface area (Å²) in [5.41, 5.74) is 0.574. The van der Waals surface area contributed by atoms with E-state index in [1.54, 1.807) is 18.2 Å². The van der Waals surface area contributed by atoms with Gasteiger partial charge in [0.15, 0.2) is 5.78 Å². The van der Waals surface area contributed by atoms with Crippen molar-refractivity contribution in [1.29, 1.82) is 5.26 Å². The third-order valence-electron chi connectivity index (χ3n) is 1.70. The van der Waals surface area contributed by atoms with Crippen molar-refractivity contribution in [2.75, 3.05) is 0 Å². The number of hydrogen-bond acceptors (Lipinski definition) is 2. The number of nitriles is 1. The summed E-state index contributed by atoms with van der Waals surface area (Å²) < 4.78 is 0.674. The van der Waals surface area contributed by atoms with Gasteiger partial charge in [0.2, 0.25) is 0 Å². The van der Waals surface area contributed by atoms with Crippen LogP contribution in [0.4, 0.5) is 0 Å². The van der Waals surface area contributed by atoms with Gasteiger partial charge in [-0.15, -0.1) is 0 Å². The molecule has 1 aromatic carbocycles. The fourth-order valence-electron chi connectivity index (χ4n) is 1.02. The molecule has 0 aromatic heterocycles. The minimum Gasteiger partial charge on any atom is -0.294 e. The summed E-state index contributed by atoms with van der Waals surface area (Å²) in [6, 6.07) is 6.92. The SMILES string of the molecule is N#CCCC(=O)c1ccc(Cl)cc1Br. The summed E-state index contributed by atoms with van der Waals surface area (Å²) in [5, 5.41) is 8.92. The number of nitrogens with zero attached hydrogens (tertiary/aromatic N) is 1. The molecule has 0 heterocycles. The Bertz CT molecular complexity index is 398. The lowest BCUT2D eigenvalue weighted by molar-refractivity contribution is 0.0983. The average molecular weight is 273 g/mol. The Balaban J connectivity index is 2.86. The molecule has 0 aliphatic rings. The van der Waals surface area contributed by atoms with Crippen LogP contribution in [0.25, 0.3) is 0 Å². The van der Waals surface area contributed by atoms with E-state index < -0.39 is 0 Å². The Morgan fingerprint density at radius 1 is 1.57 bits per heavy atom. The fourth-order valence-corrected chi connectivity index (χ4v) is 1.92. The van der Waals surface area contributed by atoms with Crippen LogP contribution in [-0.2, 0) is 0 Å². The first-order valence-electron chi connectivity index (χ1n) is 4.00. The molecule has 0 atom stereocenters. The predicted molar refractivity (Wildman–Crippen MR) is 58.3 cm³/mol. The Morgan fingerprint density at radius 2 is 2.29 bits per heavy atom.